The molecule has 1 heterocycles. The van der Waals surface area contributed by atoms with Crippen LogP contribution in [0.4, 0.5) is 5.69 Å². The van der Waals surface area contributed by atoms with E-state index >= 15 is 0 Å². The van der Waals surface area contributed by atoms with Crippen molar-refractivity contribution in [2.75, 3.05) is 12.4 Å². The van der Waals surface area contributed by atoms with Crippen molar-refractivity contribution in [3.8, 4) is 0 Å². The Morgan fingerprint density at radius 1 is 1.30 bits per heavy atom. The van der Waals surface area contributed by atoms with Gasteiger partial charge in [0.25, 0.3) is 0 Å². The lowest BCUT2D eigenvalue weighted by molar-refractivity contribution is -0.142. The number of imidazole rings is 1. The second-order valence-corrected chi connectivity index (χ2v) is 4.52. The maximum Gasteiger partial charge on any atom is 0.313 e. The first-order valence-electron chi connectivity index (χ1n) is 6.17. The third kappa shape index (κ3) is 3.44. The monoisotopic (exact) mass is 272 g/mol. The molecule has 0 radical (unpaired) electrons. The number of aromatic amines is 1. The molecule has 0 saturated heterocycles. The fourth-order valence-electron chi connectivity index (χ4n) is 1.68. The quantitative estimate of drug-likeness (QED) is 0.827. The standard InChI is InChI=1S/C14H16N4O2/c1-10-3-5-11(6-4-10)17-13(19)14(20)18(2)9-12-15-7-8-16-12/h3-8H,9H2,1-2H3,(H,15,16)(H,17,19). The minimum atomic E-state index is -0.664. The van der Waals surface area contributed by atoms with Crippen LogP contribution in [0.3, 0.4) is 0 Å². The van der Waals surface area contributed by atoms with E-state index in [1.165, 1.54) is 4.90 Å². The van der Waals surface area contributed by atoms with Gasteiger partial charge < -0.3 is 15.2 Å². The van der Waals surface area contributed by atoms with E-state index in [9.17, 15) is 9.59 Å². The van der Waals surface area contributed by atoms with E-state index in [2.05, 4.69) is 15.3 Å². The molecule has 0 unspecified atom stereocenters. The maximum atomic E-state index is 11.9. The second kappa shape index (κ2) is 6.01. The van der Waals surface area contributed by atoms with Crippen LogP contribution < -0.4 is 5.32 Å². The van der Waals surface area contributed by atoms with Crippen LogP contribution in [0.2, 0.25) is 0 Å². The Balaban J connectivity index is 1.94. The lowest BCUT2D eigenvalue weighted by atomic mass is 10.2. The number of amides is 2. The number of carbonyl (C=O) groups is 2. The lowest BCUT2D eigenvalue weighted by Crippen LogP contribution is -2.36. The van der Waals surface area contributed by atoms with E-state index in [-0.39, 0.29) is 6.54 Å². The third-order valence-electron chi connectivity index (χ3n) is 2.79. The number of hydrogen-bond acceptors (Lipinski definition) is 3. The van der Waals surface area contributed by atoms with Gasteiger partial charge in [0.2, 0.25) is 0 Å². The minimum Gasteiger partial charge on any atom is -0.347 e. The lowest BCUT2D eigenvalue weighted by Gasteiger charge is -2.15. The number of hydrogen-bond donors (Lipinski definition) is 2. The maximum absolute atomic E-state index is 11.9. The van der Waals surface area contributed by atoms with Crippen LogP contribution in [0, 0.1) is 6.92 Å². The average Bonchev–Trinajstić information content (AvgIpc) is 2.93. The summed E-state index contributed by atoms with van der Waals surface area (Å²) in [5, 5.41) is 2.57. The van der Waals surface area contributed by atoms with E-state index in [1.54, 1.807) is 31.6 Å². The number of rotatable bonds is 3. The van der Waals surface area contributed by atoms with Crippen molar-refractivity contribution in [1.29, 1.82) is 0 Å². The molecule has 2 amide bonds. The summed E-state index contributed by atoms with van der Waals surface area (Å²) >= 11 is 0. The summed E-state index contributed by atoms with van der Waals surface area (Å²) < 4.78 is 0. The molecule has 2 N–H and O–H groups in total. The zero-order valence-electron chi connectivity index (χ0n) is 11.4. The molecule has 104 valence electrons. The van der Waals surface area contributed by atoms with Crippen LogP contribution in [-0.4, -0.2) is 33.7 Å². The van der Waals surface area contributed by atoms with Gasteiger partial charge in [-0.3, -0.25) is 9.59 Å². The number of likely N-dealkylation sites (N-methyl/N-ethyl adjacent to an activating group) is 1. The van der Waals surface area contributed by atoms with Crippen LogP contribution in [0.1, 0.15) is 11.4 Å². The topological polar surface area (TPSA) is 78.1 Å². The number of aryl methyl sites for hydroxylation is 1. The van der Waals surface area contributed by atoms with Crippen molar-refractivity contribution in [1.82, 2.24) is 14.9 Å². The zero-order chi connectivity index (χ0) is 14.5. The molecule has 20 heavy (non-hydrogen) atoms. The van der Waals surface area contributed by atoms with Gasteiger partial charge in [0, 0.05) is 25.1 Å². The van der Waals surface area contributed by atoms with E-state index in [1.807, 2.05) is 19.1 Å². The summed E-state index contributed by atoms with van der Waals surface area (Å²) in [6, 6.07) is 7.25. The Morgan fingerprint density at radius 3 is 2.60 bits per heavy atom. The van der Waals surface area contributed by atoms with Crippen LogP contribution in [0.5, 0.6) is 0 Å². The van der Waals surface area contributed by atoms with Gasteiger partial charge in [0.05, 0.1) is 6.54 Å². The summed E-state index contributed by atoms with van der Waals surface area (Å²) in [5.74, 6) is -0.645. The Hall–Kier alpha value is -2.63. The molecule has 0 aliphatic rings. The molecule has 0 bridgehead atoms. The number of anilines is 1. The molecule has 0 saturated carbocycles. The molecule has 0 spiro atoms. The third-order valence-corrected chi connectivity index (χ3v) is 2.79. The van der Waals surface area contributed by atoms with Crippen molar-refractivity contribution in [2.45, 2.75) is 13.5 Å². The number of nitrogens with one attached hydrogen (secondary N) is 2. The second-order valence-electron chi connectivity index (χ2n) is 4.52. The van der Waals surface area contributed by atoms with Gasteiger partial charge in [-0.05, 0) is 19.1 Å². The molecule has 0 fully saturated rings. The van der Waals surface area contributed by atoms with Gasteiger partial charge in [-0.25, -0.2) is 4.98 Å². The molecule has 0 aliphatic heterocycles. The molecule has 2 rings (SSSR count). The van der Waals surface area contributed by atoms with Crippen LogP contribution in [0.25, 0.3) is 0 Å². The zero-order valence-corrected chi connectivity index (χ0v) is 11.4. The van der Waals surface area contributed by atoms with Crippen molar-refractivity contribution in [3.63, 3.8) is 0 Å². The average molecular weight is 272 g/mol. The van der Waals surface area contributed by atoms with Crippen LogP contribution in [-0.2, 0) is 16.1 Å². The largest absolute Gasteiger partial charge is 0.347 e. The van der Waals surface area contributed by atoms with Crippen LogP contribution >= 0.6 is 0 Å². The van der Waals surface area contributed by atoms with E-state index in [4.69, 9.17) is 0 Å². The highest BCUT2D eigenvalue weighted by Crippen LogP contribution is 2.08. The number of carbonyl (C=O) groups excluding carboxylic acids is 2. The molecule has 6 heteroatoms. The summed E-state index contributed by atoms with van der Waals surface area (Å²) in [7, 11) is 1.56. The minimum absolute atomic E-state index is 0.257. The van der Waals surface area contributed by atoms with E-state index < -0.39 is 11.8 Å². The molecular formula is C14H16N4O2. The van der Waals surface area contributed by atoms with E-state index in [0.717, 1.165) is 5.56 Å². The highest BCUT2D eigenvalue weighted by atomic mass is 16.2. The molecular weight excluding hydrogens is 256 g/mol. The Kier molecular flexibility index (Phi) is 4.14. The SMILES string of the molecule is Cc1ccc(NC(=O)C(=O)N(C)Cc2ncc[nH]2)cc1. The highest BCUT2D eigenvalue weighted by Gasteiger charge is 2.19. The normalized spacial score (nSPS) is 10.1. The smallest absolute Gasteiger partial charge is 0.313 e. The first kappa shape index (κ1) is 13.8. The van der Waals surface area contributed by atoms with Gasteiger partial charge in [-0.2, -0.15) is 0 Å². The van der Waals surface area contributed by atoms with Crippen molar-refractivity contribution in [2.24, 2.45) is 0 Å². The van der Waals surface area contributed by atoms with E-state index in [0.29, 0.717) is 11.5 Å². The van der Waals surface area contributed by atoms with Crippen molar-refractivity contribution < 1.29 is 9.59 Å². The van der Waals surface area contributed by atoms with Crippen LogP contribution in [0.15, 0.2) is 36.7 Å². The van der Waals surface area contributed by atoms with Gasteiger partial charge in [0.15, 0.2) is 0 Å². The fraction of sp³-hybridized carbons (Fsp3) is 0.214. The molecule has 6 nitrogen and oxygen atoms in total. The Bertz CT molecular complexity index is 590. The molecule has 0 aliphatic carbocycles. The molecule has 1 aromatic carbocycles. The molecule has 1 aromatic heterocycles. The molecule has 0 atom stereocenters. The summed E-state index contributed by atoms with van der Waals surface area (Å²) in [6.07, 6.45) is 3.26. The summed E-state index contributed by atoms with van der Waals surface area (Å²) in [5.41, 5.74) is 1.68. The fourth-order valence-corrected chi connectivity index (χ4v) is 1.68. The van der Waals surface area contributed by atoms with Gasteiger partial charge in [-0.1, -0.05) is 17.7 Å². The van der Waals surface area contributed by atoms with Gasteiger partial charge in [0.1, 0.15) is 5.82 Å². The Morgan fingerprint density at radius 2 is 2.00 bits per heavy atom. The first-order chi connectivity index (χ1) is 9.56. The Labute approximate surface area is 116 Å². The van der Waals surface area contributed by atoms with Crippen molar-refractivity contribution >= 4 is 17.5 Å². The highest BCUT2D eigenvalue weighted by molar-refractivity contribution is 6.39. The number of benzene rings is 1. The summed E-state index contributed by atoms with van der Waals surface area (Å²) in [4.78, 5) is 31.9. The predicted octanol–water partition coefficient (Wildman–Crippen LogP) is 1.32. The van der Waals surface area contributed by atoms with Gasteiger partial charge >= 0.3 is 11.8 Å². The van der Waals surface area contributed by atoms with Crippen molar-refractivity contribution in [3.05, 3.63) is 48.0 Å². The number of H-pyrrole nitrogens is 1. The van der Waals surface area contributed by atoms with Gasteiger partial charge in [-0.15, -0.1) is 0 Å². The number of aromatic nitrogens is 2. The predicted molar refractivity (Wildman–Crippen MR) is 74.9 cm³/mol. The number of nitrogens with zero attached hydrogens (tertiary/aromatic N) is 2. The summed E-state index contributed by atoms with van der Waals surface area (Å²) in [6.45, 7) is 2.21. The molecule has 2 aromatic rings. The first-order valence-corrected chi connectivity index (χ1v) is 6.17.